The van der Waals surface area contributed by atoms with Gasteiger partial charge < -0.3 is 14.9 Å². The van der Waals surface area contributed by atoms with E-state index < -0.39 is 38.3 Å². The van der Waals surface area contributed by atoms with Gasteiger partial charge in [0.25, 0.3) is 11.5 Å². The summed E-state index contributed by atoms with van der Waals surface area (Å²) in [5.41, 5.74) is 0.799. The third-order valence-electron chi connectivity index (χ3n) is 6.59. The molecule has 1 aromatic heterocycles. The molecule has 0 radical (unpaired) electrons. The third kappa shape index (κ3) is 4.86. The normalized spacial score (nSPS) is 16.5. The van der Waals surface area contributed by atoms with E-state index in [0.29, 0.717) is 11.3 Å². The Kier molecular flexibility index (Phi) is 7.26. The molecule has 1 aliphatic rings. The van der Waals surface area contributed by atoms with Crippen LogP contribution >= 0.6 is 11.3 Å². The van der Waals surface area contributed by atoms with E-state index in [1.54, 1.807) is 24.3 Å². The van der Waals surface area contributed by atoms with Gasteiger partial charge in [0, 0.05) is 17.7 Å². The molecule has 1 saturated heterocycles. The average Bonchev–Trinajstić information content (AvgIpc) is 3.56. The van der Waals surface area contributed by atoms with Crippen LogP contribution in [0.15, 0.2) is 87.6 Å². The van der Waals surface area contributed by atoms with Crippen molar-refractivity contribution in [3.63, 3.8) is 0 Å². The number of Topliss-reactive ketones (excluding diaryl/α,β-unsaturated/α-hetero) is 1. The van der Waals surface area contributed by atoms with Crippen LogP contribution in [0.25, 0.3) is 5.76 Å². The SMILES string of the molecule is COc1ccc([C@H]2C(=C(O)c3ccc(C)cc3)C(=O)C(=O)N2c2ncc(S(=O)(=O)c3ccc([N+](=O)[O-])cc3)s2)cc1O. The van der Waals surface area contributed by atoms with Crippen LogP contribution < -0.4 is 9.64 Å². The number of nitro benzene ring substituents is 1. The summed E-state index contributed by atoms with van der Waals surface area (Å²) in [6, 6.07) is 13.8. The number of nitro groups is 1. The van der Waals surface area contributed by atoms with Crippen LogP contribution in [0, 0.1) is 17.0 Å². The van der Waals surface area contributed by atoms with Crippen molar-refractivity contribution in [2.24, 2.45) is 0 Å². The summed E-state index contributed by atoms with van der Waals surface area (Å²) < 4.78 is 31.4. The molecule has 3 aromatic carbocycles. The maximum Gasteiger partial charge on any atom is 0.301 e. The van der Waals surface area contributed by atoms with Gasteiger partial charge in [0.1, 0.15) is 9.97 Å². The molecule has 2 heterocycles. The van der Waals surface area contributed by atoms with Gasteiger partial charge in [-0.2, -0.15) is 0 Å². The number of methoxy groups -OCH3 is 1. The number of nitrogens with zero attached hydrogens (tertiary/aromatic N) is 3. The van der Waals surface area contributed by atoms with Crippen molar-refractivity contribution < 1.29 is 37.9 Å². The second kappa shape index (κ2) is 10.7. The largest absolute Gasteiger partial charge is 0.507 e. The van der Waals surface area contributed by atoms with E-state index in [1.165, 1.54) is 25.3 Å². The number of rotatable bonds is 7. The quantitative estimate of drug-likeness (QED) is 0.0997. The molecule has 1 atom stereocenters. The van der Waals surface area contributed by atoms with E-state index >= 15 is 0 Å². The Morgan fingerprint density at radius 1 is 1.07 bits per heavy atom. The molecule has 4 aromatic rings. The molecule has 0 aliphatic carbocycles. The number of thiazole rings is 1. The summed E-state index contributed by atoms with van der Waals surface area (Å²) in [4.78, 5) is 42.0. The molecule has 1 fully saturated rings. The summed E-state index contributed by atoms with van der Waals surface area (Å²) in [5, 5.41) is 32.5. The highest BCUT2D eigenvalue weighted by atomic mass is 32.2. The lowest BCUT2D eigenvalue weighted by atomic mass is 9.95. The van der Waals surface area contributed by atoms with Crippen LogP contribution in [0.4, 0.5) is 10.8 Å². The number of ketones is 1. The number of aliphatic hydroxyl groups is 1. The third-order valence-corrected chi connectivity index (χ3v) is 9.82. The molecule has 2 N–H and O–H groups in total. The van der Waals surface area contributed by atoms with Crippen molar-refractivity contribution in [1.29, 1.82) is 0 Å². The van der Waals surface area contributed by atoms with E-state index in [-0.39, 0.29) is 48.1 Å². The van der Waals surface area contributed by atoms with Crippen LogP contribution in [0.5, 0.6) is 11.5 Å². The molecule has 14 heteroatoms. The smallest absolute Gasteiger partial charge is 0.301 e. The van der Waals surface area contributed by atoms with E-state index in [2.05, 4.69) is 4.98 Å². The van der Waals surface area contributed by atoms with Crippen molar-refractivity contribution in [1.82, 2.24) is 4.98 Å². The van der Waals surface area contributed by atoms with Gasteiger partial charge in [-0.3, -0.25) is 24.6 Å². The number of anilines is 1. The number of phenolic OH excluding ortho intramolecular Hbond substituents is 1. The number of aliphatic hydroxyl groups excluding tert-OH is 1. The second-order valence-electron chi connectivity index (χ2n) is 9.18. The number of carbonyl (C=O) groups excluding carboxylic acids is 2. The number of benzene rings is 3. The predicted molar refractivity (Wildman–Crippen MR) is 151 cm³/mol. The number of amides is 1. The minimum Gasteiger partial charge on any atom is -0.507 e. The molecule has 1 aliphatic heterocycles. The van der Waals surface area contributed by atoms with Crippen LogP contribution in [0.2, 0.25) is 0 Å². The van der Waals surface area contributed by atoms with Gasteiger partial charge in [0.2, 0.25) is 9.84 Å². The van der Waals surface area contributed by atoms with Gasteiger partial charge in [0.15, 0.2) is 16.6 Å². The fraction of sp³-hybridized carbons (Fsp3) is 0.107. The van der Waals surface area contributed by atoms with Crippen LogP contribution in [-0.4, -0.2) is 47.3 Å². The number of hydrogen-bond acceptors (Lipinski definition) is 11. The van der Waals surface area contributed by atoms with Gasteiger partial charge >= 0.3 is 5.91 Å². The van der Waals surface area contributed by atoms with Crippen molar-refractivity contribution in [3.8, 4) is 11.5 Å². The zero-order valence-electron chi connectivity index (χ0n) is 21.9. The molecule has 0 saturated carbocycles. The van der Waals surface area contributed by atoms with Crippen LogP contribution in [-0.2, 0) is 19.4 Å². The summed E-state index contributed by atoms with van der Waals surface area (Å²) in [6.45, 7) is 1.84. The Balaban J connectivity index is 1.64. The minimum atomic E-state index is -4.20. The zero-order valence-corrected chi connectivity index (χ0v) is 23.5. The standard InChI is InChI=1S/C28H21N3O9S2/c1-15-3-5-16(6-4-15)25(33)23-24(17-7-12-21(40-2)20(32)13-17)30(27(35)26(23)34)28-29-14-22(41-28)42(38,39)19-10-8-18(9-11-19)31(36)37/h3-14,24,32-33H,1-2H3/t24-/m0/s1. The Labute approximate surface area is 242 Å². The molecule has 0 unspecified atom stereocenters. The predicted octanol–water partition coefficient (Wildman–Crippen LogP) is 4.53. The highest BCUT2D eigenvalue weighted by Crippen LogP contribution is 2.45. The van der Waals surface area contributed by atoms with Crippen molar-refractivity contribution in [2.45, 2.75) is 22.1 Å². The van der Waals surface area contributed by atoms with E-state index in [4.69, 9.17) is 4.74 Å². The van der Waals surface area contributed by atoms with Gasteiger partial charge in [-0.05, 0) is 36.8 Å². The maximum atomic E-state index is 13.4. The van der Waals surface area contributed by atoms with Crippen LogP contribution in [0.3, 0.4) is 0 Å². The molecule has 1 amide bonds. The lowest BCUT2D eigenvalue weighted by Gasteiger charge is -2.23. The number of phenols is 1. The highest BCUT2D eigenvalue weighted by Gasteiger charge is 2.48. The van der Waals surface area contributed by atoms with Crippen molar-refractivity contribution >= 4 is 49.4 Å². The van der Waals surface area contributed by atoms with Gasteiger partial charge in [-0.1, -0.05) is 47.2 Å². The number of aryl methyl sites for hydroxylation is 1. The van der Waals surface area contributed by atoms with Crippen molar-refractivity contribution in [3.05, 3.63) is 105 Å². The zero-order chi connectivity index (χ0) is 30.3. The lowest BCUT2D eigenvalue weighted by Crippen LogP contribution is -2.29. The number of non-ortho nitro benzene ring substituents is 1. The molecule has 0 bridgehead atoms. The van der Waals surface area contributed by atoms with E-state index in [0.717, 1.165) is 40.9 Å². The van der Waals surface area contributed by atoms with Crippen molar-refractivity contribution in [2.75, 3.05) is 12.0 Å². The first-order valence-corrected chi connectivity index (χ1v) is 14.4. The van der Waals surface area contributed by atoms with Gasteiger partial charge in [-0.15, -0.1) is 0 Å². The molecular weight excluding hydrogens is 586 g/mol. The molecule has 214 valence electrons. The molecule has 0 spiro atoms. The fourth-order valence-corrected chi connectivity index (χ4v) is 6.99. The molecule has 42 heavy (non-hydrogen) atoms. The Hall–Kier alpha value is -5.08. The monoisotopic (exact) mass is 607 g/mol. The highest BCUT2D eigenvalue weighted by molar-refractivity contribution is 7.93. The Morgan fingerprint density at radius 2 is 1.74 bits per heavy atom. The number of carbonyl (C=O) groups is 2. The number of aromatic hydroxyl groups is 1. The van der Waals surface area contributed by atoms with E-state index in [9.17, 15) is 38.3 Å². The number of ether oxygens (including phenoxy) is 1. The first-order chi connectivity index (χ1) is 19.9. The number of sulfone groups is 1. The number of aromatic nitrogens is 1. The molecular formula is C28H21N3O9S2. The summed E-state index contributed by atoms with van der Waals surface area (Å²) in [5.74, 6) is -2.75. The van der Waals surface area contributed by atoms with Gasteiger partial charge in [0.05, 0.1) is 34.7 Å². The Morgan fingerprint density at radius 3 is 2.33 bits per heavy atom. The fourth-order valence-electron chi connectivity index (χ4n) is 4.44. The lowest BCUT2D eigenvalue weighted by molar-refractivity contribution is -0.384. The molecule has 12 nitrogen and oxygen atoms in total. The van der Waals surface area contributed by atoms with E-state index in [1.807, 2.05) is 6.92 Å². The first-order valence-electron chi connectivity index (χ1n) is 12.1. The minimum absolute atomic E-state index is 0.125. The topological polar surface area (TPSA) is 177 Å². The first kappa shape index (κ1) is 28.4. The number of hydrogen-bond donors (Lipinski definition) is 2. The second-order valence-corrected chi connectivity index (χ2v) is 12.4. The van der Waals surface area contributed by atoms with Crippen LogP contribution in [0.1, 0.15) is 22.7 Å². The average molecular weight is 608 g/mol. The summed E-state index contributed by atoms with van der Waals surface area (Å²) in [7, 11) is -2.86. The summed E-state index contributed by atoms with van der Waals surface area (Å²) >= 11 is 0.599. The summed E-state index contributed by atoms with van der Waals surface area (Å²) in [6.07, 6.45) is 1.01. The maximum absolute atomic E-state index is 13.4. The molecule has 5 rings (SSSR count). The Bertz CT molecular complexity index is 1880. The van der Waals surface area contributed by atoms with Gasteiger partial charge in [-0.25, -0.2) is 13.4 Å².